The summed E-state index contributed by atoms with van der Waals surface area (Å²) in [7, 11) is -3.60. The van der Waals surface area contributed by atoms with Gasteiger partial charge in [-0.25, -0.2) is 17.8 Å². The van der Waals surface area contributed by atoms with E-state index in [1.54, 1.807) is 6.07 Å². The van der Waals surface area contributed by atoms with Crippen LogP contribution in [0.15, 0.2) is 41.8 Å². The Morgan fingerprint density at radius 3 is 2.78 bits per heavy atom. The van der Waals surface area contributed by atoms with E-state index in [0.717, 1.165) is 6.42 Å². The Morgan fingerprint density at radius 1 is 1.30 bits per heavy atom. The maximum absolute atomic E-state index is 13.3. The number of rotatable bonds is 8. The Morgan fingerprint density at radius 2 is 2.09 bits per heavy atom. The normalized spacial score (nSPS) is 12.0. The smallest absolute Gasteiger partial charge is 0.232 e. The average molecular weight is 340 g/mol. The van der Waals surface area contributed by atoms with Gasteiger partial charge in [-0.05, 0) is 30.5 Å². The highest BCUT2D eigenvalue weighted by Crippen LogP contribution is 2.17. The van der Waals surface area contributed by atoms with Crippen molar-refractivity contribution in [1.29, 1.82) is 0 Å². The van der Waals surface area contributed by atoms with Crippen LogP contribution in [0.25, 0.3) is 5.69 Å². The van der Waals surface area contributed by atoms with Crippen LogP contribution in [0.4, 0.5) is 4.39 Å². The van der Waals surface area contributed by atoms with Crippen molar-refractivity contribution in [2.24, 2.45) is 5.92 Å². The van der Waals surface area contributed by atoms with Crippen LogP contribution >= 0.6 is 0 Å². The van der Waals surface area contributed by atoms with Gasteiger partial charge in [0.05, 0.1) is 18.0 Å². The first-order valence-electron chi connectivity index (χ1n) is 7.50. The van der Waals surface area contributed by atoms with Gasteiger partial charge in [0.15, 0.2) is 0 Å². The standard InChI is InChI=1S/C16H21FN2O3S/c1-13(2)6-9-22-10-11-23(20,21)16-18-7-8-19(16)15-5-3-4-14(17)12-15/h3-5,7-8,12-13H,6,9-11H2,1-2H3. The molecule has 0 atom stereocenters. The van der Waals surface area contributed by atoms with Crippen molar-refractivity contribution in [1.82, 2.24) is 9.55 Å². The number of hydrogen-bond acceptors (Lipinski definition) is 4. The summed E-state index contributed by atoms with van der Waals surface area (Å²) in [4.78, 5) is 3.92. The molecular formula is C16H21FN2O3S. The van der Waals surface area contributed by atoms with Gasteiger partial charge in [-0.3, -0.25) is 4.57 Å². The first kappa shape index (κ1) is 17.6. The van der Waals surface area contributed by atoms with Crippen molar-refractivity contribution >= 4 is 9.84 Å². The predicted octanol–water partition coefficient (Wildman–Crippen LogP) is 2.85. The molecule has 0 radical (unpaired) electrons. The number of imidazole rings is 1. The molecule has 0 saturated carbocycles. The van der Waals surface area contributed by atoms with Gasteiger partial charge in [0.25, 0.3) is 0 Å². The summed E-state index contributed by atoms with van der Waals surface area (Å²) in [6, 6.07) is 5.72. The number of nitrogens with zero attached hydrogens (tertiary/aromatic N) is 2. The molecule has 7 heteroatoms. The van der Waals surface area contributed by atoms with Gasteiger partial charge in [-0.2, -0.15) is 0 Å². The lowest BCUT2D eigenvalue weighted by Gasteiger charge is -2.09. The molecule has 1 heterocycles. The highest BCUT2D eigenvalue weighted by Gasteiger charge is 2.21. The number of sulfone groups is 1. The van der Waals surface area contributed by atoms with Crippen molar-refractivity contribution in [2.45, 2.75) is 25.4 Å². The summed E-state index contributed by atoms with van der Waals surface area (Å²) in [5.74, 6) is -0.0766. The maximum atomic E-state index is 13.3. The topological polar surface area (TPSA) is 61.2 Å². The van der Waals surface area contributed by atoms with Crippen LogP contribution in [0.2, 0.25) is 0 Å². The molecule has 0 aliphatic carbocycles. The number of ether oxygens (including phenoxy) is 1. The summed E-state index contributed by atoms with van der Waals surface area (Å²) in [5, 5.41) is -0.101. The number of aromatic nitrogens is 2. The van der Waals surface area contributed by atoms with Crippen molar-refractivity contribution in [3.05, 3.63) is 42.5 Å². The highest BCUT2D eigenvalue weighted by molar-refractivity contribution is 7.91. The van der Waals surface area contributed by atoms with E-state index in [1.807, 2.05) is 0 Å². The van der Waals surface area contributed by atoms with Crippen LogP contribution in [-0.2, 0) is 14.6 Å². The second-order valence-electron chi connectivity index (χ2n) is 5.67. The van der Waals surface area contributed by atoms with Gasteiger partial charge < -0.3 is 4.74 Å². The molecule has 2 aromatic rings. The quantitative estimate of drug-likeness (QED) is 0.693. The van der Waals surface area contributed by atoms with E-state index in [2.05, 4.69) is 18.8 Å². The fourth-order valence-corrected chi connectivity index (χ4v) is 3.23. The minimum absolute atomic E-state index is 0.101. The summed E-state index contributed by atoms with van der Waals surface area (Å²) in [5.41, 5.74) is 0.418. The number of benzene rings is 1. The van der Waals surface area contributed by atoms with E-state index in [-0.39, 0.29) is 17.5 Å². The van der Waals surface area contributed by atoms with Crippen molar-refractivity contribution in [2.75, 3.05) is 19.0 Å². The number of hydrogen-bond donors (Lipinski definition) is 0. The molecule has 0 fully saturated rings. The Bertz CT molecular complexity index is 741. The zero-order valence-electron chi connectivity index (χ0n) is 13.3. The molecule has 0 bridgehead atoms. The molecule has 1 aromatic heterocycles. The molecule has 0 amide bonds. The average Bonchev–Trinajstić information content (AvgIpc) is 2.97. The Hall–Kier alpha value is -1.73. The zero-order valence-corrected chi connectivity index (χ0v) is 14.1. The van der Waals surface area contributed by atoms with E-state index < -0.39 is 15.7 Å². The Kier molecular flexibility index (Phi) is 5.90. The molecule has 1 aromatic carbocycles. The highest BCUT2D eigenvalue weighted by atomic mass is 32.2. The SMILES string of the molecule is CC(C)CCOCCS(=O)(=O)c1nccn1-c1cccc(F)c1. The molecule has 0 spiro atoms. The molecular weight excluding hydrogens is 319 g/mol. The third-order valence-corrected chi connectivity index (χ3v) is 4.87. The molecule has 0 aliphatic rings. The second-order valence-corrected chi connectivity index (χ2v) is 7.68. The van der Waals surface area contributed by atoms with E-state index in [4.69, 9.17) is 4.74 Å². The minimum atomic E-state index is -3.60. The molecule has 5 nitrogen and oxygen atoms in total. The fourth-order valence-electron chi connectivity index (χ4n) is 2.02. The summed E-state index contributed by atoms with van der Waals surface area (Å²) < 4.78 is 44.9. The van der Waals surface area contributed by atoms with E-state index in [1.165, 1.54) is 35.2 Å². The lowest BCUT2D eigenvalue weighted by molar-refractivity contribution is 0.137. The van der Waals surface area contributed by atoms with Crippen LogP contribution in [0.3, 0.4) is 0 Å². The summed E-state index contributed by atoms with van der Waals surface area (Å²) in [6.45, 7) is 4.81. The van der Waals surface area contributed by atoms with Gasteiger partial charge in [-0.15, -0.1) is 0 Å². The lowest BCUT2D eigenvalue weighted by Crippen LogP contribution is -2.17. The monoisotopic (exact) mass is 340 g/mol. The van der Waals surface area contributed by atoms with E-state index in [0.29, 0.717) is 18.2 Å². The van der Waals surface area contributed by atoms with Gasteiger partial charge in [0.1, 0.15) is 5.82 Å². The predicted molar refractivity (Wildman–Crippen MR) is 85.8 cm³/mol. The first-order valence-corrected chi connectivity index (χ1v) is 9.15. The van der Waals surface area contributed by atoms with Crippen LogP contribution in [0.5, 0.6) is 0 Å². The van der Waals surface area contributed by atoms with Crippen LogP contribution in [-0.4, -0.2) is 36.9 Å². The molecule has 0 N–H and O–H groups in total. The Labute approximate surface area is 136 Å². The lowest BCUT2D eigenvalue weighted by atomic mass is 10.1. The first-order chi connectivity index (χ1) is 10.9. The van der Waals surface area contributed by atoms with E-state index in [9.17, 15) is 12.8 Å². The van der Waals surface area contributed by atoms with E-state index >= 15 is 0 Å². The zero-order chi connectivity index (χ0) is 16.9. The van der Waals surface area contributed by atoms with Gasteiger partial charge >= 0.3 is 0 Å². The van der Waals surface area contributed by atoms with Gasteiger partial charge in [0.2, 0.25) is 15.0 Å². The van der Waals surface area contributed by atoms with Gasteiger partial charge in [0, 0.05) is 19.0 Å². The largest absolute Gasteiger partial charge is 0.380 e. The molecule has 2 rings (SSSR count). The second kappa shape index (κ2) is 7.70. The third-order valence-electron chi connectivity index (χ3n) is 3.31. The fraction of sp³-hybridized carbons (Fsp3) is 0.438. The third kappa shape index (κ3) is 4.87. The van der Waals surface area contributed by atoms with Crippen LogP contribution < -0.4 is 0 Å². The molecule has 0 unspecified atom stereocenters. The van der Waals surface area contributed by atoms with Crippen molar-refractivity contribution in [3.8, 4) is 5.69 Å². The minimum Gasteiger partial charge on any atom is -0.380 e. The number of halogens is 1. The summed E-state index contributed by atoms with van der Waals surface area (Å²) in [6.07, 6.45) is 3.77. The molecule has 126 valence electrons. The molecule has 0 aliphatic heterocycles. The van der Waals surface area contributed by atoms with Crippen LogP contribution in [0.1, 0.15) is 20.3 Å². The van der Waals surface area contributed by atoms with Gasteiger partial charge in [-0.1, -0.05) is 19.9 Å². The maximum Gasteiger partial charge on any atom is 0.232 e. The van der Waals surface area contributed by atoms with Crippen molar-refractivity contribution < 1.29 is 17.5 Å². The molecule has 23 heavy (non-hydrogen) atoms. The van der Waals surface area contributed by atoms with Crippen molar-refractivity contribution in [3.63, 3.8) is 0 Å². The molecule has 0 saturated heterocycles. The van der Waals surface area contributed by atoms with Crippen LogP contribution in [0, 0.1) is 11.7 Å². The Balaban J connectivity index is 2.08. The summed E-state index contributed by atoms with van der Waals surface area (Å²) >= 11 is 0.